The van der Waals surface area contributed by atoms with Crippen LogP contribution in [0.4, 0.5) is 13.2 Å². The first-order valence-electron chi connectivity index (χ1n) is 8.34. The smallest absolute Gasteiger partial charge is 0.405 e. The third-order valence-electron chi connectivity index (χ3n) is 3.84. The second-order valence-electron chi connectivity index (χ2n) is 5.73. The van der Waals surface area contributed by atoms with Crippen LogP contribution in [0.1, 0.15) is 31.2 Å². The zero-order valence-electron chi connectivity index (χ0n) is 14.4. The topological polar surface area (TPSA) is 54.9 Å². The summed E-state index contributed by atoms with van der Waals surface area (Å²) >= 11 is 0. The van der Waals surface area contributed by atoms with Crippen LogP contribution in [-0.4, -0.2) is 45.2 Å². The molecule has 2 unspecified atom stereocenters. The first-order chi connectivity index (χ1) is 11.9. The van der Waals surface area contributed by atoms with Crippen molar-refractivity contribution in [3.63, 3.8) is 0 Å². The van der Waals surface area contributed by atoms with Crippen molar-refractivity contribution in [2.24, 2.45) is 4.99 Å². The van der Waals surface area contributed by atoms with Crippen molar-refractivity contribution < 1.29 is 22.6 Å². The lowest BCUT2D eigenvalue weighted by molar-refractivity contribution is -0.274. The molecule has 0 aliphatic heterocycles. The molecule has 25 heavy (non-hydrogen) atoms. The summed E-state index contributed by atoms with van der Waals surface area (Å²) in [6.45, 7) is 4.02. The van der Waals surface area contributed by atoms with Gasteiger partial charge < -0.3 is 20.1 Å². The van der Waals surface area contributed by atoms with Crippen LogP contribution in [0.2, 0.25) is 0 Å². The average Bonchev–Trinajstić information content (AvgIpc) is 3.31. The van der Waals surface area contributed by atoms with E-state index in [2.05, 4.69) is 20.4 Å². The Morgan fingerprint density at radius 2 is 2.08 bits per heavy atom. The lowest BCUT2D eigenvalue weighted by atomic mass is 10.1. The molecular weight excluding hydrogens is 335 g/mol. The van der Waals surface area contributed by atoms with Crippen LogP contribution in [0.3, 0.4) is 0 Å². The summed E-state index contributed by atoms with van der Waals surface area (Å²) in [5.41, 5.74) is 0.559. The first kappa shape index (κ1) is 19.4. The SMILES string of the molecule is CCOCCCNC(=NC)NC1CC1c1ccccc1OC(F)(F)F. The Morgan fingerprint density at radius 3 is 2.76 bits per heavy atom. The predicted molar refractivity (Wildman–Crippen MR) is 89.9 cm³/mol. The molecule has 5 nitrogen and oxygen atoms in total. The van der Waals surface area contributed by atoms with Gasteiger partial charge in [0.05, 0.1) is 0 Å². The summed E-state index contributed by atoms with van der Waals surface area (Å²) in [4.78, 5) is 4.14. The molecule has 140 valence electrons. The molecule has 2 atom stereocenters. The molecule has 1 aliphatic carbocycles. The average molecular weight is 359 g/mol. The summed E-state index contributed by atoms with van der Waals surface area (Å²) < 4.78 is 46.9. The van der Waals surface area contributed by atoms with Gasteiger partial charge >= 0.3 is 6.36 Å². The van der Waals surface area contributed by atoms with Crippen molar-refractivity contribution in [1.82, 2.24) is 10.6 Å². The first-order valence-corrected chi connectivity index (χ1v) is 8.34. The van der Waals surface area contributed by atoms with E-state index in [9.17, 15) is 13.2 Å². The Morgan fingerprint density at radius 1 is 1.32 bits per heavy atom. The van der Waals surface area contributed by atoms with Gasteiger partial charge in [-0.15, -0.1) is 13.2 Å². The van der Waals surface area contributed by atoms with E-state index in [1.807, 2.05) is 6.92 Å². The van der Waals surface area contributed by atoms with Crippen molar-refractivity contribution in [3.05, 3.63) is 29.8 Å². The zero-order valence-corrected chi connectivity index (χ0v) is 14.4. The third-order valence-corrected chi connectivity index (χ3v) is 3.84. The molecule has 1 aromatic carbocycles. The maximum atomic E-state index is 12.5. The fourth-order valence-electron chi connectivity index (χ4n) is 2.60. The van der Waals surface area contributed by atoms with Crippen LogP contribution in [0, 0.1) is 0 Å². The molecule has 1 saturated carbocycles. The number of hydrogen-bond acceptors (Lipinski definition) is 3. The van der Waals surface area contributed by atoms with Crippen LogP contribution in [-0.2, 0) is 4.74 Å². The molecule has 0 amide bonds. The summed E-state index contributed by atoms with van der Waals surface area (Å²) in [6, 6.07) is 6.31. The second kappa shape index (κ2) is 8.94. The van der Waals surface area contributed by atoms with E-state index in [1.54, 1.807) is 19.2 Å². The van der Waals surface area contributed by atoms with Gasteiger partial charge in [0, 0.05) is 38.8 Å². The second-order valence-corrected chi connectivity index (χ2v) is 5.73. The van der Waals surface area contributed by atoms with Gasteiger partial charge in [-0.3, -0.25) is 4.99 Å². The quantitative estimate of drug-likeness (QED) is 0.426. The summed E-state index contributed by atoms with van der Waals surface area (Å²) in [5, 5.41) is 6.40. The van der Waals surface area contributed by atoms with E-state index in [4.69, 9.17) is 4.74 Å². The minimum absolute atomic E-state index is 0.0273. The zero-order chi connectivity index (χ0) is 18.3. The van der Waals surface area contributed by atoms with Gasteiger partial charge in [-0.2, -0.15) is 0 Å². The highest BCUT2D eigenvalue weighted by Crippen LogP contribution is 2.45. The molecule has 1 fully saturated rings. The molecule has 0 spiro atoms. The number of alkyl halides is 3. The normalized spacial score (nSPS) is 20.3. The van der Waals surface area contributed by atoms with Crippen LogP contribution in [0.5, 0.6) is 5.75 Å². The molecule has 0 bridgehead atoms. The van der Waals surface area contributed by atoms with E-state index < -0.39 is 6.36 Å². The molecule has 0 aromatic heterocycles. The highest BCUT2D eigenvalue weighted by Gasteiger charge is 2.42. The number of nitrogens with zero attached hydrogens (tertiary/aromatic N) is 1. The fourth-order valence-corrected chi connectivity index (χ4v) is 2.60. The van der Waals surface area contributed by atoms with Gasteiger partial charge in [0.15, 0.2) is 5.96 Å². The van der Waals surface area contributed by atoms with E-state index in [0.717, 1.165) is 12.8 Å². The standard InChI is InChI=1S/C17H24F3N3O2/c1-3-24-10-6-9-22-16(21-2)23-14-11-13(14)12-7-4-5-8-15(12)25-17(18,19)20/h4-5,7-8,13-14H,3,6,9-11H2,1-2H3,(H2,21,22,23). The molecule has 8 heteroatoms. The van der Waals surface area contributed by atoms with Gasteiger partial charge in [0.2, 0.25) is 0 Å². The fraction of sp³-hybridized carbons (Fsp3) is 0.588. The van der Waals surface area contributed by atoms with Gasteiger partial charge in [0.25, 0.3) is 0 Å². The maximum absolute atomic E-state index is 12.5. The Balaban J connectivity index is 1.86. The molecule has 0 radical (unpaired) electrons. The number of rotatable bonds is 8. The Hall–Kier alpha value is -1.96. The van der Waals surface area contributed by atoms with Gasteiger partial charge in [-0.1, -0.05) is 18.2 Å². The van der Waals surface area contributed by atoms with Crippen molar-refractivity contribution in [2.75, 3.05) is 26.8 Å². The molecule has 2 N–H and O–H groups in total. The molecule has 1 aliphatic rings. The largest absolute Gasteiger partial charge is 0.573 e. The van der Waals surface area contributed by atoms with Gasteiger partial charge in [0.1, 0.15) is 5.75 Å². The number of para-hydroxylation sites is 1. The monoisotopic (exact) mass is 359 g/mol. The number of ether oxygens (including phenoxy) is 2. The Bertz CT molecular complexity index is 579. The van der Waals surface area contributed by atoms with Crippen LogP contribution in [0.25, 0.3) is 0 Å². The number of nitrogens with one attached hydrogen (secondary N) is 2. The third kappa shape index (κ3) is 6.45. The van der Waals surface area contributed by atoms with E-state index in [0.29, 0.717) is 31.3 Å². The van der Waals surface area contributed by atoms with E-state index >= 15 is 0 Å². The van der Waals surface area contributed by atoms with Gasteiger partial charge in [-0.05, 0) is 31.4 Å². The number of aliphatic imine (C=N–C) groups is 1. The lowest BCUT2D eigenvalue weighted by Gasteiger charge is -2.14. The molecule has 2 rings (SSSR count). The minimum Gasteiger partial charge on any atom is -0.405 e. The number of guanidine groups is 1. The van der Waals surface area contributed by atoms with Crippen molar-refractivity contribution in [2.45, 2.75) is 38.1 Å². The number of benzene rings is 1. The number of hydrogen-bond donors (Lipinski definition) is 2. The Labute approximate surface area is 145 Å². The molecule has 0 saturated heterocycles. The molecular formula is C17H24F3N3O2. The molecule has 1 aromatic rings. The summed E-state index contributed by atoms with van der Waals surface area (Å²) in [6.07, 6.45) is -3.10. The van der Waals surface area contributed by atoms with Crippen molar-refractivity contribution in [3.8, 4) is 5.75 Å². The van der Waals surface area contributed by atoms with Crippen molar-refractivity contribution in [1.29, 1.82) is 0 Å². The van der Waals surface area contributed by atoms with Gasteiger partial charge in [-0.25, -0.2) is 0 Å². The summed E-state index contributed by atoms with van der Waals surface area (Å²) in [7, 11) is 1.66. The van der Waals surface area contributed by atoms with Crippen LogP contribution >= 0.6 is 0 Å². The Kier molecular flexibility index (Phi) is 6.92. The highest BCUT2D eigenvalue weighted by atomic mass is 19.4. The predicted octanol–water partition coefficient (Wildman–Crippen LogP) is 3.03. The summed E-state index contributed by atoms with van der Waals surface area (Å²) in [5.74, 6) is 0.475. The maximum Gasteiger partial charge on any atom is 0.573 e. The van der Waals surface area contributed by atoms with Crippen LogP contribution < -0.4 is 15.4 Å². The van der Waals surface area contributed by atoms with E-state index in [-0.39, 0.29) is 17.7 Å². The number of halogens is 3. The van der Waals surface area contributed by atoms with E-state index in [1.165, 1.54) is 12.1 Å². The molecule has 0 heterocycles. The van der Waals surface area contributed by atoms with Crippen LogP contribution in [0.15, 0.2) is 29.3 Å². The minimum atomic E-state index is -4.69. The van der Waals surface area contributed by atoms with Crippen molar-refractivity contribution >= 4 is 5.96 Å². The highest BCUT2D eigenvalue weighted by molar-refractivity contribution is 5.80. The lowest BCUT2D eigenvalue weighted by Crippen LogP contribution is -2.39.